The number of hydrogen-bond donors (Lipinski definition) is 2. The Labute approximate surface area is 262 Å². The van der Waals surface area contributed by atoms with Crippen molar-refractivity contribution in [2.45, 2.75) is 45.6 Å². The second-order valence-corrected chi connectivity index (χ2v) is 11.4. The van der Waals surface area contributed by atoms with Crippen LogP contribution in [0.5, 0.6) is 0 Å². The van der Waals surface area contributed by atoms with Crippen LogP contribution >= 0.6 is 0 Å². The number of piperidine rings is 1. The van der Waals surface area contributed by atoms with Gasteiger partial charge in [-0.1, -0.05) is 6.92 Å². The maximum Gasteiger partial charge on any atom is 0.282 e. The number of benzene rings is 1. The van der Waals surface area contributed by atoms with Gasteiger partial charge in [0, 0.05) is 67.5 Å². The Hall–Kier alpha value is -4.53. The zero-order chi connectivity index (χ0) is 32.4. The number of carbonyl (C=O) groups excluding carboxylic acids is 2. The van der Waals surface area contributed by atoms with Crippen LogP contribution in [0.2, 0.25) is 0 Å². The molecule has 0 aliphatic carbocycles. The molecule has 0 unspecified atom stereocenters. The van der Waals surface area contributed by atoms with Crippen molar-refractivity contribution in [1.29, 1.82) is 0 Å². The molecule has 15 heteroatoms. The number of imidazole rings is 1. The third-order valence-electron chi connectivity index (χ3n) is 8.57. The van der Waals surface area contributed by atoms with Crippen LogP contribution in [-0.2, 0) is 17.8 Å². The Morgan fingerprint density at radius 1 is 1.04 bits per heavy atom. The van der Waals surface area contributed by atoms with E-state index < -0.39 is 25.1 Å². The minimum absolute atomic E-state index is 0.00656. The molecule has 3 aromatic heterocycles. The van der Waals surface area contributed by atoms with E-state index in [1.54, 1.807) is 27.6 Å². The molecule has 0 atom stereocenters. The quantitative estimate of drug-likeness (QED) is 0.261. The Bertz CT molecular complexity index is 1710. The number of aryl methyl sites for hydroxylation is 1. The van der Waals surface area contributed by atoms with Gasteiger partial charge in [0.2, 0.25) is 5.91 Å². The zero-order valence-corrected chi connectivity index (χ0v) is 25.3. The van der Waals surface area contributed by atoms with Crippen LogP contribution < -0.4 is 10.6 Å². The number of piperazine rings is 1. The van der Waals surface area contributed by atoms with Gasteiger partial charge in [0.15, 0.2) is 11.5 Å². The molecule has 2 fully saturated rings. The summed E-state index contributed by atoms with van der Waals surface area (Å²) in [4.78, 5) is 38.9. The van der Waals surface area contributed by atoms with E-state index in [2.05, 4.69) is 25.7 Å². The largest absolute Gasteiger partial charge is 0.339 e. The van der Waals surface area contributed by atoms with E-state index in [1.165, 1.54) is 18.6 Å². The summed E-state index contributed by atoms with van der Waals surface area (Å²) in [5.74, 6) is 0.486. The molecule has 2 aliphatic rings. The molecule has 2 aliphatic heterocycles. The third kappa shape index (κ3) is 6.41. The molecule has 11 nitrogen and oxygen atoms in total. The van der Waals surface area contributed by atoms with Crippen LogP contribution in [0.1, 0.15) is 47.8 Å². The highest BCUT2D eigenvalue weighted by Gasteiger charge is 2.30. The lowest BCUT2D eigenvalue weighted by molar-refractivity contribution is -0.137. The fourth-order valence-electron chi connectivity index (χ4n) is 6.17. The first-order chi connectivity index (χ1) is 22.2. The van der Waals surface area contributed by atoms with Crippen molar-refractivity contribution in [3.63, 3.8) is 0 Å². The molecule has 2 saturated heterocycles. The predicted molar refractivity (Wildman–Crippen MR) is 162 cm³/mol. The van der Waals surface area contributed by atoms with Gasteiger partial charge < -0.3 is 20.4 Å². The van der Waals surface area contributed by atoms with E-state index in [9.17, 15) is 27.2 Å². The van der Waals surface area contributed by atoms with Gasteiger partial charge in [-0.15, -0.1) is 0 Å². The van der Waals surface area contributed by atoms with Crippen LogP contribution in [0.4, 0.5) is 29.1 Å². The molecular weight excluding hydrogens is 606 g/mol. The first-order valence-corrected chi connectivity index (χ1v) is 15.4. The summed E-state index contributed by atoms with van der Waals surface area (Å²) in [6.07, 6.45) is 2.11. The number of anilines is 2. The maximum absolute atomic E-state index is 13.8. The number of nitrogens with one attached hydrogen (secondary N) is 2. The molecule has 0 spiro atoms. The van der Waals surface area contributed by atoms with E-state index in [0.717, 1.165) is 36.2 Å². The Kier molecular flexibility index (Phi) is 9.20. The second-order valence-electron chi connectivity index (χ2n) is 11.4. The topological polar surface area (TPSA) is 113 Å². The van der Waals surface area contributed by atoms with E-state index in [0.29, 0.717) is 55.3 Å². The Morgan fingerprint density at radius 2 is 1.78 bits per heavy atom. The first-order valence-electron chi connectivity index (χ1n) is 15.4. The summed E-state index contributed by atoms with van der Waals surface area (Å²) in [5, 5.41) is 10.2. The summed E-state index contributed by atoms with van der Waals surface area (Å²) >= 11 is 0. The van der Waals surface area contributed by atoms with Gasteiger partial charge in [-0.05, 0) is 56.1 Å². The summed E-state index contributed by atoms with van der Waals surface area (Å²) in [7, 11) is 0. The Morgan fingerprint density at radius 3 is 2.48 bits per heavy atom. The highest BCUT2D eigenvalue weighted by Crippen LogP contribution is 2.32. The van der Waals surface area contributed by atoms with Gasteiger partial charge in [-0.25, -0.2) is 27.5 Å². The average molecular weight is 642 g/mol. The number of aromatic nitrogens is 5. The van der Waals surface area contributed by atoms with Gasteiger partial charge in [0.05, 0.1) is 11.9 Å². The lowest BCUT2D eigenvalue weighted by Gasteiger charge is -2.37. The number of rotatable bonds is 9. The van der Waals surface area contributed by atoms with Crippen LogP contribution in [0, 0.1) is 5.92 Å². The number of amides is 2. The van der Waals surface area contributed by atoms with Crippen LogP contribution in [-0.4, -0.2) is 91.5 Å². The normalized spacial score (nSPS) is 16.2. The van der Waals surface area contributed by atoms with Crippen molar-refractivity contribution < 1.29 is 27.2 Å². The molecule has 46 heavy (non-hydrogen) atoms. The second kappa shape index (κ2) is 13.4. The SMILES string of the molecule is CCc1cc(Nc2nccn3c(-c4cn(CC(F)F)nc4C(F)F)cnc23)ccc1C(=O)N1CCN(C(=O)C2CCNCC2)CC1. The number of halogens is 4. The van der Waals surface area contributed by atoms with Gasteiger partial charge >= 0.3 is 0 Å². The van der Waals surface area contributed by atoms with Gasteiger partial charge in [0.25, 0.3) is 18.8 Å². The summed E-state index contributed by atoms with van der Waals surface area (Å²) in [5.41, 5.74) is 2.02. The monoisotopic (exact) mass is 641 g/mol. The molecule has 4 aromatic rings. The van der Waals surface area contributed by atoms with Crippen LogP contribution in [0.25, 0.3) is 16.9 Å². The molecule has 0 saturated carbocycles. The standard InChI is InChI=1S/C31H35F4N9O2/c1-2-19-15-21(3-4-22(19)31(46)42-13-11-41(12-14-42)30(45)20-5-7-36-8-6-20)39-28-29-38-16-24(44(29)10-9-37-28)23-17-43(18-25(32)33)40-26(23)27(34)35/h3-4,9-10,15-17,20,25,27,36H,2,5-8,11-14,18H2,1H3,(H,37,39). The van der Waals surface area contributed by atoms with Gasteiger partial charge in [-0.3, -0.25) is 18.7 Å². The zero-order valence-electron chi connectivity index (χ0n) is 25.3. The van der Waals surface area contributed by atoms with Crippen LogP contribution in [0.15, 0.2) is 43.0 Å². The van der Waals surface area contributed by atoms with E-state index >= 15 is 0 Å². The number of fused-ring (bicyclic) bond motifs is 1. The molecule has 244 valence electrons. The predicted octanol–water partition coefficient (Wildman–Crippen LogP) is 4.39. The minimum atomic E-state index is -2.97. The lowest BCUT2D eigenvalue weighted by Crippen LogP contribution is -2.52. The smallest absolute Gasteiger partial charge is 0.282 e. The van der Waals surface area contributed by atoms with Gasteiger partial charge in [-0.2, -0.15) is 5.10 Å². The molecule has 6 rings (SSSR count). The average Bonchev–Trinajstić information content (AvgIpc) is 3.69. The van der Waals surface area contributed by atoms with Crippen molar-refractivity contribution in [3.05, 3.63) is 59.8 Å². The molecule has 1 aromatic carbocycles. The molecule has 2 amide bonds. The number of alkyl halides is 4. The van der Waals surface area contributed by atoms with Crippen molar-refractivity contribution in [3.8, 4) is 11.3 Å². The molecular formula is C31H35F4N9O2. The van der Waals surface area contributed by atoms with E-state index in [1.807, 2.05) is 17.9 Å². The molecule has 0 radical (unpaired) electrons. The van der Waals surface area contributed by atoms with E-state index in [-0.39, 0.29) is 29.0 Å². The summed E-state index contributed by atoms with van der Waals surface area (Å²) in [6, 6.07) is 5.39. The fourth-order valence-corrected chi connectivity index (χ4v) is 6.17. The lowest BCUT2D eigenvalue weighted by atomic mass is 9.96. The van der Waals surface area contributed by atoms with E-state index in [4.69, 9.17) is 0 Å². The fraction of sp³-hybridized carbons (Fsp3) is 0.452. The van der Waals surface area contributed by atoms with Crippen molar-refractivity contribution in [2.24, 2.45) is 5.92 Å². The highest BCUT2D eigenvalue weighted by atomic mass is 19.3. The third-order valence-corrected chi connectivity index (χ3v) is 8.57. The van der Waals surface area contributed by atoms with Crippen LogP contribution in [0.3, 0.4) is 0 Å². The molecule has 5 heterocycles. The number of hydrogen-bond acceptors (Lipinski definition) is 7. The molecule has 2 N–H and O–H groups in total. The number of carbonyl (C=O) groups is 2. The highest BCUT2D eigenvalue weighted by molar-refractivity contribution is 5.96. The maximum atomic E-state index is 13.8. The van der Waals surface area contributed by atoms with Crippen molar-refractivity contribution in [2.75, 3.05) is 44.6 Å². The minimum Gasteiger partial charge on any atom is -0.339 e. The number of nitrogens with zero attached hydrogens (tertiary/aromatic N) is 7. The summed E-state index contributed by atoms with van der Waals surface area (Å²) < 4.78 is 55.7. The molecule has 0 bridgehead atoms. The first kappa shape index (κ1) is 31.5. The van der Waals surface area contributed by atoms with Gasteiger partial charge in [0.1, 0.15) is 12.2 Å². The van der Waals surface area contributed by atoms with Crippen molar-refractivity contribution in [1.82, 2.24) is 39.3 Å². The summed E-state index contributed by atoms with van der Waals surface area (Å²) in [6.45, 7) is 4.84. The Balaban J connectivity index is 1.18. The van der Waals surface area contributed by atoms with Crippen molar-refractivity contribution >= 4 is 29.0 Å².